The Labute approximate surface area is 128 Å². The van der Waals surface area contributed by atoms with E-state index >= 15 is 0 Å². The molecule has 0 saturated carbocycles. The van der Waals surface area contributed by atoms with Crippen molar-refractivity contribution < 1.29 is 13.2 Å². The molecular weight excluding hydrogens is 314 g/mol. The van der Waals surface area contributed by atoms with Crippen LogP contribution in [0.4, 0.5) is 5.69 Å². The summed E-state index contributed by atoms with van der Waals surface area (Å²) < 4.78 is 32.1. The molecular formula is C13H14ClN3O3S. The van der Waals surface area contributed by atoms with Crippen LogP contribution in [0.25, 0.3) is 0 Å². The second-order valence-corrected chi connectivity index (χ2v) is 6.44. The molecule has 1 aromatic heterocycles. The van der Waals surface area contributed by atoms with Crippen LogP contribution >= 0.6 is 11.6 Å². The van der Waals surface area contributed by atoms with Gasteiger partial charge in [0.1, 0.15) is 0 Å². The molecule has 0 unspecified atom stereocenters. The molecule has 2 aromatic rings. The Morgan fingerprint density at radius 1 is 1.19 bits per heavy atom. The lowest BCUT2D eigenvalue weighted by Crippen LogP contribution is -2.16. The van der Waals surface area contributed by atoms with E-state index < -0.39 is 10.0 Å². The lowest BCUT2D eigenvalue weighted by atomic mass is 10.3. The number of halogens is 1. The van der Waals surface area contributed by atoms with Crippen molar-refractivity contribution in [3.8, 4) is 6.01 Å². The first-order valence-electron chi connectivity index (χ1n) is 6.01. The minimum Gasteiger partial charge on any atom is -0.467 e. The highest BCUT2D eigenvalue weighted by Crippen LogP contribution is 2.24. The zero-order chi connectivity index (χ0) is 15.6. The molecule has 0 amide bonds. The van der Waals surface area contributed by atoms with Crippen LogP contribution < -0.4 is 9.46 Å². The highest BCUT2D eigenvalue weighted by atomic mass is 35.5. The fourth-order valence-corrected chi connectivity index (χ4v) is 3.23. The van der Waals surface area contributed by atoms with Crippen molar-refractivity contribution in [3.63, 3.8) is 0 Å². The molecule has 0 saturated heterocycles. The van der Waals surface area contributed by atoms with E-state index in [4.69, 9.17) is 16.3 Å². The van der Waals surface area contributed by atoms with Crippen LogP contribution in [-0.2, 0) is 10.0 Å². The van der Waals surface area contributed by atoms with Crippen molar-refractivity contribution in [2.24, 2.45) is 0 Å². The summed E-state index contributed by atoms with van der Waals surface area (Å²) >= 11 is 5.82. The molecule has 0 atom stereocenters. The number of aryl methyl sites for hydroxylation is 2. The van der Waals surface area contributed by atoms with Gasteiger partial charge < -0.3 is 4.74 Å². The Hall–Kier alpha value is -1.86. The van der Waals surface area contributed by atoms with E-state index in [2.05, 4.69) is 14.7 Å². The number of rotatable bonds is 4. The molecule has 8 heteroatoms. The van der Waals surface area contributed by atoms with E-state index in [-0.39, 0.29) is 10.9 Å². The first-order valence-corrected chi connectivity index (χ1v) is 7.87. The Bertz CT molecular complexity index is 755. The van der Waals surface area contributed by atoms with Crippen LogP contribution in [0.1, 0.15) is 11.4 Å². The minimum absolute atomic E-state index is 0.0737. The average molecular weight is 328 g/mol. The third kappa shape index (κ3) is 3.43. The number of hydrogen-bond acceptors (Lipinski definition) is 5. The highest BCUT2D eigenvalue weighted by molar-refractivity contribution is 7.92. The van der Waals surface area contributed by atoms with Crippen molar-refractivity contribution in [2.75, 3.05) is 11.8 Å². The summed E-state index contributed by atoms with van der Waals surface area (Å²) in [5.41, 5.74) is 1.28. The zero-order valence-corrected chi connectivity index (χ0v) is 13.3. The number of nitrogens with one attached hydrogen (secondary N) is 1. The first kappa shape index (κ1) is 15.5. The topological polar surface area (TPSA) is 81.2 Å². The first-order chi connectivity index (χ1) is 9.83. The molecule has 0 aliphatic carbocycles. The van der Waals surface area contributed by atoms with Gasteiger partial charge in [0.15, 0.2) is 0 Å². The molecule has 0 bridgehead atoms. The van der Waals surface area contributed by atoms with Crippen LogP contribution in [0.3, 0.4) is 0 Å². The molecule has 0 spiro atoms. The summed E-state index contributed by atoms with van der Waals surface area (Å²) in [4.78, 5) is 8.20. The van der Waals surface area contributed by atoms with Gasteiger partial charge in [0.2, 0.25) is 0 Å². The van der Waals surface area contributed by atoms with E-state index in [1.165, 1.54) is 19.2 Å². The Kier molecular flexibility index (Phi) is 4.34. The van der Waals surface area contributed by atoms with Gasteiger partial charge in [-0.2, -0.15) is 9.97 Å². The molecule has 1 N–H and O–H groups in total. The van der Waals surface area contributed by atoms with Crippen molar-refractivity contribution in [1.82, 2.24) is 9.97 Å². The van der Waals surface area contributed by atoms with Gasteiger partial charge in [0, 0.05) is 5.02 Å². The SMILES string of the molecule is COc1nc(C)c(NS(=O)(=O)c2cccc(Cl)c2)c(C)n1. The highest BCUT2D eigenvalue weighted by Gasteiger charge is 2.18. The second-order valence-electron chi connectivity index (χ2n) is 4.32. The van der Waals surface area contributed by atoms with Crippen molar-refractivity contribution in [1.29, 1.82) is 0 Å². The van der Waals surface area contributed by atoms with Gasteiger partial charge in [-0.05, 0) is 32.0 Å². The van der Waals surface area contributed by atoms with Crippen molar-refractivity contribution in [2.45, 2.75) is 18.7 Å². The van der Waals surface area contributed by atoms with E-state index in [0.29, 0.717) is 22.1 Å². The number of hydrogen-bond donors (Lipinski definition) is 1. The zero-order valence-electron chi connectivity index (χ0n) is 11.7. The van der Waals surface area contributed by atoms with Gasteiger partial charge in [-0.3, -0.25) is 4.72 Å². The molecule has 1 aromatic carbocycles. The van der Waals surface area contributed by atoms with E-state index in [9.17, 15) is 8.42 Å². The quantitative estimate of drug-likeness (QED) is 0.933. The third-order valence-corrected chi connectivity index (χ3v) is 4.36. The minimum atomic E-state index is -3.76. The van der Waals surface area contributed by atoms with Gasteiger partial charge in [-0.15, -0.1) is 0 Å². The maximum atomic E-state index is 12.4. The van der Waals surface area contributed by atoms with Gasteiger partial charge in [-0.25, -0.2) is 8.42 Å². The Morgan fingerprint density at radius 3 is 2.33 bits per heavy atom. The van der Waals surface area contributed by atoms with Gasteiger partial charge in [0.05, 0.1) is 29.1 Å². The lowest BCUT2D eigenvalue weighted by molar-refractivity contribution is 0.378. The summed E-state index contributed by atoms with van der Waals surface area (Å²) in [6.07, 6.45) is 0. The standard InChI is InChI=1S/C13H14ClN3O3S/c1-8-12(9(2)16-13(15-8)20-3)17-21(18,19)11-6-4-5-10(14)7-11/h4-7,17H,1-3H3. The maximum absolute atomic E-state index is 12.4. The molecule has 6 nitrogen and oxygen atoms in total. The molecule has 2 rings (SSSR count). The predicted octanol–water partition coefficient (Wildman–Crippen LogP) is 2.56. The van der Waals surface area contributed by atoms with Crippen LogP contribution in [0.2, 0.25) is 5.02 Å². The van der Waals surface area contributed by atoms with E-state index in [1.54, 1.807) is 26.0 Å². The number of aromatic nitrogens is 2. The fourth-order valence-electron chi connectivity index (χ4n) is 1.75. The van der Waals surface area contributed by atoms with Gasteiger partial charge >= 0.3 is 6.01 Å². The summed E-state index contributed by atoms with van der Waals surface area (Å²) in [5, 5.41) is 0.345. The molecule has 21 heavy (non-hydrogen) atoms. The molecule has 1 heterocycles. The largest absolute Gasteiger partial charge is 0.467 e. The average Bonchev–Trinajstić information content (AvgIpc) is 2.42. The monoisotopic (exact) mass is 327 g/mol. The van der Waals surface area contributed by atoms with Crippen molar-refractivity contribution in [3.05, 3.63) is 40.7 Å². The predicted molar refractivity (Wildman–Crippen MR) is 80.3 cm³/mol. The number of ether oxygens (including phenoxy) is 1. The normalized spacial score (nSPS) is 11.2. The lowest BCUT2D eigenvalue weighted by Gasteiger charge is -2.13. The van der Waals surface area contributed by atoms with Crippen LogP contribution in [0, 0.1) is 13.8 Å². The number of nitrogens with zero attached hydrogens (tertiary/aromatic N) is 2. The summed E-state index contributed by atoms with van der Waals surface area (Å²) in [6.45, 7) is 3.35. The molecule has 0 fully saturated rings. The molecule has 0 aliphatic heterocycles. The smallest absolute Gasteiger partial charge is 0.316 e. The van der Waals surface area contributed by atoms with E-state index in [1.807, 2.05) is 0 Å². The van der Waals surface area contributed by atoms with Crippen LogP contribution in [0.15, 0.2) is 29.2 Å². The van der Waals surface area contributed by atoms with Crippen LogP contribution in [0.5, 0.6) is 6.01 Å². The summed E-state index contributed by atoms with van der Waals surface area (Å²) in [7, 11) is -2.31. The number of anilines is 1. The van der Waals surface area contributed by atoms with Gasteiger partial charge in [0.25, 0.3) is 10.0 Å². The maximum Gasteiger partial charge on any atom is 0.316 e. The third-order valence-electron chi connectivity index (χ3n) is 2.78. The summed E-state index contributed by atoms with van der Waals surface area (Å²) in [6, 6.07) is 6.20. The Morgan fingerprint density at radius 2 is 1.81 bits per heavy atom. The second kappa shape index (κ2) is 5.87. The molecule has 0 aliphatic rings. The molecule has 0 radical (unpaired) electrons. The van der Waals surface area contributed by atoms with Crippen molar-refractivity contribution >= 4 is 27.3 Å². The van der Waals surface area contributed by atoms with E-state index in [0.717, 1.165) is 0 Å². The van der Waals surface area contributed by atoms with Gasteiger partial charge in [-0.1, -0.05) is 17.7 Å². The fraction of sp³-hybridized carbons (Fsp3) is 0.231. The Balaban J connectivity index is 2.42. The number of sulfonamides is 1. The molecule has 112 valence electrons. The number of benzene rings is 1. The number of methoxy groups -OCH3 is 1. The summed E-state index contributed by atoms with van der Waals surface area (Å²) in [5.74, 6) is 0. The van der Waals surface area contributed by atoms with Crippen LogP contribution in [-0.4, -0.2) is 25.5 Å².